The molecule has 3 aromatic carbocycles. The second-order valence-electron chi connectivity index (χ2n) is 7.28. The first-order valence-corrected chi connectivity index (χ1v) is 10.8. The second kappa shape index (κ2) is 8.92. The van der Waals surface area contributed by atoms with Gasteiger partial charge in [-0.05, 0) is 49.7 Å². The summed E-state index contributed by atoms with van der Waals surface area (Å²) < 4.78 is 29.2. The molecule has 0 saturated carbocycles. The smallest absolute Gasteiger partial charge is 0.266 e. The number of hydrogen-bond acceptors (Lipinski definition) is 4. The molecule has 0 aliphatic heterocycles. The van der Waals surface area contributed by atoms with Gasteiger partial charge in [0.1, 0.15) is 17.3 Å². The van der Waals surface area contributed by atoms with Crippen LogP contribution in [0.2, 0.25) is 0 Å². The van der Waals surface area contributed by atoms with Crippen molar-refractivity contribution >= 4 is 34.3 Å². The lowest BCUT2D eigenvalue weighted by Crippen LogP contribution is -2.23. The first-order valence-electron chi connectivity index (χ1n) is 9.81. The van der Waals surface area contributed by atoms with Crippen LogP contribution in [0.4, 0.5) is 14.5 Å². The van der Waals surface area contributed by atoms with Gasteiger partial charge >= 0.3 is 0 Å². The topological polar surface area (TPSA) is 64.0 Å². The zero-order valence-electron chi connectivity index (χ0n) is 17.4. The molecule has 0 atom stereocenters. The molecule has 8 heteroatoms. The summed E-state index contributed by atoms with van der Waals surface area (Å²) in [7, 11) is 0. The molecule has 1 amide bonds. The highest BCUT2D eigenvalue weighted by Gasteiger charge is 2.17. The molecule has 0 saturated heterocycles. The normalized spacial score (nSPS) is 11.0. The standard InChI is InChI=1S/C24H19F2N3O2S/c1-14-10-11-20(15(2)12-14)29-23(31)16-6-3-4-9-19(16)27-24(29)32-13-21(30)28-22-17(25)7-5-8-18(22)26/h3-12H,13H2,1-2H3,(H,28,30). The minimum atomic E-state index is -0.862. The average molecular weight is 451 g/mol. The van der Waals surface area contributed by atoms with E-state index in [9.17, 15) is 18.4 Å². The van der Waals surface area contributed by atoms with E-state index in [1.807, 2.05) is 32.0 Å². The van der Waals surface area contributed by atoms with Crippen molar-refractivity contribution in [2.75, 3.05) is 11.1 Å². The first kappa shape index (κ1) is 21.7. The number of amides is 1. The van der Waals surface area contributed by atoms with E-state index >= 15 is 0 Å². The van der Waals surface area contributed by atoms with Crippen molar-refractivity contribution in [1.29, 1.82) is 0 Å². The van der Waals surface area contributed by atoms with E-state index in [4.69, 9.17) is 0 Å². The highest BCUT2D eigenvalue weighted by atomic mass is 32.2. The maximum Gasteiger partial charge on any atom is 0.266 e. The highest BCUT2D eigenvalue weighted by Crippen LogP contribution is 2.24. The van der Waals surface area contributed by atoms with E-state index in [-0.39, 0.29) is 11.3 Å². The maximum absolute atomic E-state index is 13.8. The number of thioether (sulfide) groups is 1. The zero-order valence-corrected chi connectivity index (χ0v) is 18.2. The molecule has 162 valence electrons. The van der Waals surface area contributed by atoms with Crippen LogP contribution < -0.4 is 10.9 Å². The Labute approximate surface area is 187 Å². The van der Waals surface area contributed by atoms with Crippen LogP contribution in [0.5, 0.6) is 0 Å². The molecule has 32 heavy (non-hydrogen) atoms. The molecule has 0 spiro atoms. The Kier molecular flexibility index (Phi) is 6.05. The summed E-state index contributed by atoms with van der Waals surface area (Å²) in [6.45, 7) is 3.85. The Morgan fingerprint density at radius 1 is 1.03 bits per heavy atom. The Morgan fingerprint density at radius 2 is 1.75 bits per heavy atom. The summed E-state index contributed by atoms with van der Waals surface area (Å²) in [4.78, 5) is 30.3. The number of carbonyl (C=O) groups is 1. The molecule has 0 fully saturated rings. The summed E-state index contributed by atoms with van der Waals surface area (Å²) in [6, 6.07) is 16.0. The monoisotopic (exact) mass is 451 g/mol. The fourth-order valence-electron chi connectivity index (χ4n) is 3.40. The Bertz CT molecular complexity index is 1380. The Morgan fingerprint density at radius 3 is 2.47 bits per heavy atom. The van der Waals surface area contributed by atoms with Crippen LogP contribution >= 0.6 is 11.8 Å². The molecule has 4 aromatic rings. The Hall–Kier alpha value is -3.52. The molecular formula is C24H19F2N3O2S. The molecule has 0 unspecified atom stereocenters. The Balaban J connectivity index is 1.71. The molecule has 5 nitrogen and oxygen atoms in total. The van der Waals surface area contributed by atoms with Crippen molar-refractivity contribution in [3.8, 4) is 5.69 Å². The third kappa shape index (κ3) is 4.27. The minimum Gasteiger partial charge on any atom is -0.320 e. The van der Waals surface area contributed by atoms with Gasteiger partial charge in [0.25, 0.3) is 5.56 Å². The largest absolute Gasteiger partial charge is 0.320 e. The second-order valence-corrected chi connectivity index (χ2v) is 8.22. The lowest BCUT2D eigenvalue weighted by molar-refractivity contribution is -0.113. The number of nitrogens with one attached hydrogen (secondary N) is 1. The van der Waals surface area contributed by atoms with Gasteiger partial charge in [-0.15, -0.1) is 0 Å². The first-order chi connectivity index (χ1) is 15.3. The molecular weight excluding hydrogens is 432 g/mol. The number of rotatable bonds is 5. The van der Waals surface area contributed by atoms with Gasteiger partial charge in [0.05, 0.1) is 22.3 Å². The van der Waals surface area contributed by atoms with Crippen LogP contribution in [-0.4, -0.2) is 21.2 Å². The third-order valence-corrected chi connectivity index (χ3v) is 5.84. The van der Waals surface area contributed by atoms with Crippen molar-refractivity contribution in [2.45, 2.75) is 19.0 Å². The molecule has 0 radical (unpaired) electrons. The lowest BCUT2D eigenvalue weighted by Gasteiger charge is -2.15. The van der Waals surface area contributed by atoms with Crippen LogP contribution in [0.3, 0.4) is 0 Å². The lowest BCUT2D eigenvalue weighted by atomic mass is 10.1. The van der Waals surface area contributed by atoms with Crippen molar-refractivity contribution in [1.82, 2.24) is 9.55 Å². The van der Waals surface area contributed by atoms with Crippen molar-refractivity contribution in [2.24, 2.45) is 0 Å². The molecule has 0 aliphatic rings. The number of para-hydroxylation sites is 2. The summed E-state index contributed by atoms with van der Waals surface area (Å²) in [5.41, 5.74) is 2.32. The van der Waals surface area contributed by atoms with E-state index < -0.39 is 23.2 Å². The van der Waals surface area contributed by atoms with Crippen LogP contribution in [0, 0.1) is 25.5 Å². The van der Waals surface area contributed by atoms with Crippen LogP contribution in [0.25, 0.3) is 16.6 Å². The number of nitrogens with zero attached hydrogens (tertiary/aromatic N) is 2. The number of carbonyl (C=O) groups excluding carboxylic acids is 1. The molecule has 1 N–H and O–H groups in total. The molecule has 0 aliphatic carbocycles. The summed E-state index contributed by atoms with van der Waals surface area (Å²) in [5, 5.41) is 3.02. The molecule has 4 rings (SSSR count). The average Bonchev–Trinajstić information content (AvgIpc) is 2.76. The maximum atomic E-state index is 13.8. The van der Waals surface area contributed by atoms with Gasteiger partial charge in [0.2, 0.25) is 5.91 Å². The predicted molar refractivity (Wildman–Crippen MR) is 123 cm³/mol. The van der Waals surface area contributed by atoms with Gasteiger partial charge in [0, 0.05) is 0 Å². The summed E-state index contributed by atoms with van der Waals surface area (Å²) in [6.07, 6.45) is 0. The van der Waals surface area contributed by atoms with E-state index in [1.54, 1.807) is 24.3 Å². The van der Waals surface area contributed by atoms with Crippen molar-refractivity contribution < 1.29 is 13.6 Å². The van der Waals surface area contributed by atoms with E-state index in [1.165, 1.54) is 10.6 Å². The van der Waals surface area contributed by atoms with Crippen LogP contribution in [-0.2, 0) is 4.79 Å². The summed E-state index contributed by atoms with van der Waals surface area (Å²) >= 11 is 1.02. The number of hydrogen-bond donors (Lipinski definition) is 1. The number of aryl methyl sites for hydroxylation is 2. The van der Waals surface area contributed by atoms with Gasteiger partial charge < -0.3 is 5.32 Å². The predicted octanol–water partition coefficient (Wildman–Crippen LogP) is 5.01. The molecule has 1 aromatic heterocycles. The number of benzene rings is 3. The fraction of sp³-hybridized carbons (Fsp3) is 0.125. The highest BCUT2D eigenvalue weighted by molar-refractivity contribution is 7.99. The fourth-order valence-corrected chi connectivity index (χ4v) is 4.21. The van der Waals surface area contributed by atoms with Crippen LogP contribution in [0.1, 0.15) is 11.1 Å². The number of aromatic nitrogens is 2. The van der Waals surface area contributed by atoms with Crippen molar-refractivity contribution in [3.05, 3.63) is 93.8 Å². The van der Waals surface area contributed by atoms with E-state index in [2.05, 4.69) is 10.3 Å². The quantitative estimate of drug-likeness (QED) is 0.342. The number of fused-ring (bicyclic) bond motifs is 1. The molecule has 1 heterocycles. The minimum absolute atomic E-state index is 0.191. The summed E-state index contributed by atoms with van der Waals surface area (Å²) in [5.74, 6) is -2.53. The van der Waals surface area contributed by atoms with Gasteiger partial charge in [-0.2, -0.15) is 0 Å². The zero-order chi connectivity index (χ0) is 22.8. The van der Waals surface area contributed by atoms with Gasteiger partial charge in [-0.25, -0.2) is 13.8 Å². The van der Waals surface area contributed by atoms with Gasteiger partial charge in [0.15, 0.2) is 5.16 Å². The van der Waals surface area contributed by atoms with Crippen LogP contribution in [0.15, 0.2) is 70.6 Å². The van der Waals surface area contributed by atoms with E-state index in [0.717, 1.165) is 35.0 Å². The third-order valence-electron chi connectivity index (χ3n) is 4.90. The van der Waals surface area contributed by atoms with Crippen molar-refractivity contribution in [3.63, 3.8) is 0 Å². The van der Waals surface area contributed by atoms with Gasteiger partial charge in [-0.1, -0.05) is 47.7 Å². The van der Waals surface area contributed by atoms with E-state index in [0.29, 0.717) is 21.7 Å². The van der Waals surface area contributed by atoms with Gasteiger partial charge in [-0.3, -0.25) is 14.2 Å². The number of anilines is 1. The number of halogens is 2. The SMILES string of the molecule is Cc1ccc(-n2c(SCC(=O)Nc3c(F)cccc3F)nc3ccccc3c2=O)c(C)c1. The molecule has 0 bridgehead atoms.